The molecule has 1 aliphatic rings. The van der Waals surface area contributed by atoms with E-state index in [0.717, 1.165) is 9.80 Å². The molecule has 0 atom stereocenters. The molecule has 1 saturated heterocycles. The zero-order chi connectivity index (χ0) is 62.2. The number of halogens is 32. The van der Waals surface area contributed by atoms with Crippen LogP contribution in [-0.2, 0) is 12.4 Å². The van der Waals surface area contributed by atoms with Crippen LogP contribution in [0.2, 0.25) is 0 Å². The molecule has 0 bridgehead atoms. The molecule has 4 aromatic rings. The van der Waals surface area contributed by atoms with Crippen molar-refractivity contribution < 1.29 is 150 Å². The van der Waals surface area contributed by atoms with Gasteiger partial charge in [0.1, 0.15) is 11.4 Å². The van der Waals surface area contributed by atoms with Crippen LogP contribution in [0.15, 0.2) is 36.7 Å². The van der Waals surface area contributed by atoms with Crippen molar-refractivity contribution in [3.8, 4) is 34.8 Å². The normalized spacial score (nSPS) is 16.0. The highest BCUT2D eigenvalue weighted by Gasteiger charge is 2.92. The average Bonchev–Trinajstić information content (AvgIpc) is 3.60. The number of ether oxygens (including phenoxy) is 2. The predicted octanol–water partition coefficient (Wildman–Crippen LogP) is 12.2. The van der Waals surface area contributed by atoms with E-state index < -0.39 is 188 Å². The fraction of sp³-hybridized carbons (Fsp3) is 0.568. The Morgan fingerprint density at radius 1 is 0.346 bits per heavy atom. The van der Waals surface area contributed by atoms with Gasteiger partial charge in [0, 0.05) is 49.7 Å². The maximum Gasteiger partial charge on any atom is 0.460 e. The van der Waals surface area contributed by atoms with E-state index in [1.807, 2.05) is 0 Å². The average molecular weight is 1240 g/mol. The summed E-state index contributed by atoms with van der Waals surface area (Å²) in [5.74, 6) is -83.7. The lowest BCUT2D eigenvalue weighted by Crippen LogP contribution is -2.70. The second-order valence-electron chi connectivity index (χ2n) is 16.2. The lowest BCUT2D eigenvalue weighted by molar-refractivity contribution is -0.440. The molecule has 1 fully saturated rings. The number of alkyl halides is 32. The van der Waals surface area contributed by atoms with Crippen LogP contribution in [0.4, 0.5) is 152 Å². The third-order valence-electron chi connectivity index (χ3n) is 10.7. The van der Waals surface area contributed by atoms with Gasteiger partial charge in [0.05, 0.1) is 0 Å². The fourth-order valence-electron chi connectivity index (χ4n) is 6.16. The summed E-state index contributed by atoms with van der Waals surface area (Å²) in [7, 11) is 0. The maximum atomic E-state index is 14.8. The van der Waals surface area contributed by atoms with Crippen molar-refractivity contribution >= 4 is 11.9 Å². The second-order valence-corrected chi connectivity index (χ2v) is 16.2. The molecule has 5 heterocycles. The number of hydrogen-bond donors (Lipinski definition) is 0. The number of pyridine rings is 2. The molecule has 0 radical (unpaired) electrons. The Hall–Kier alpha value is -6.72. The number of hydrogen-bond acceptors (Lipinski definition) is 12. The molecule has 454 valence electrons. The van der Waals surface area contributed by atoms with Crippen molar-refractivity contribution in [3.63, 3.8) is 0 Å². The largest absolute Gasteiger partial charge is 0.460 e. The molecular weight excluding hydrogens is 1220 g/mol. The van der Waals surface area contributed by atoms with Crippen LogP contribution >= 0.6 is 0 Å². The lowest BCUT2D eigenvalue weighted by atomic mass is 9.94. The molecule has 0 N–H and O–H groups in total. The maximum absolute atomic E-state index is 14.8. The zero-order valence-corrected chi connectivity index (χ0v) is 37.8. The van der Waals surface area contributed by atoms with E-state index in [1.165, 1.54) is 0 Å². The molecule has 1 aliphatic heterocycles. The minimum Gasteiger partial charge on any atom is -0.457 e. The van der Waals surface area contributed by atoms with Crippen molar-refractivity contribution in [1.82, 2.24) is 39.9 Å². The second kappa shape index (κ2) is 20.6. The van der Waals surface area contributed by atoms with Crippen LogP contribution in [0.1, 0.15) is 17.8 Å². The minimum absolute atomic E-state index is 0.179. The van der Waals surface area contributed by atoms with Crippen LogP contribution in [0.3, 0.4) is 0 Å². The first kappa shape index (κ1) is 65.1. The summed E-state index contributed by atoms with van der Waals surface area (Å²) >= 11 is 0. The van der Waals surface area contributed by atoms with Gasteiger partial charge in [-0.15, -0.1) is 0 Å². The van der Waals surface area contributed by atoms with Crippen molar-refractivity contribution in [1.29, 1.82) is 0 Å². The fourth-order valence-corrected chi connectivity index (χ4v) is 6.16. The predicted molar refractivity (Wildman–Crippen MR) is 198 cm³/mol. The summed E-state index contributed by atoms with van der Waals surface area (Å²) in [6.45, 7) is -9.70. The highest BCUT2D eigenvalue weighted by Crippen LogP contribution is 2.62. The summed E-state index contributed by atoms with van der Waals surface area (Å²) in [6, 6.07) is -2.45. The summed E-state index contributed by atoms with van der Waals surface area (Å²) < 4.78 is 446. The Morgan fingerprint density at radius 3 is 0.901 bits per heavy atom. The van der Waals surface area contributed by atoms with Gasteiger partial charge in [-0.2, -0.15) is 170 Å². The van der Waals surface area contributed by atoms with Crippen LogP contribution < -0.4 is 19.3 Å². The van der Waals surface area contributed by atoms with Gasteiger partial charge in [-0.1, -0.05) is 0 Å². The van der Waals surface area contributed by atoms with E-state index in [-0.39, 0.29) is 24.5 Å². The lowest BCUT2D eigenvalue weighted by Gasteiger charge is -2.39. The Morgan fingerprint density at radius 2 is 0.642 bits per heavy atom. The van der Waals surface area contributed by atoms with Gasteiger partial charge in [-0.25, -0.2) is 0 Å². The smallest absolute Gasteiger partial charge is 0.457 e. The van der Waals surface area contributed by atoms with Crippen molar-refractivity contribution in [2.45, 2.75) is 90.4 Å². The quantitative estimate of drug-likeness (QED) is 0.0880. The first-order valence-electron chi connectivity index (χ1n) is 20.5. The molecule has 0 aromatic carbocycles. The first-order valence-corrected chi connectivity index (χ1v) is 20.5. The van der Waals surface area contributed by atoms with E-state index in [2.05, 4.69) is 49.3 Å². The number of anilines is 2. The van der Waals surface area contributed by atoms with Crippen LogP contribution in [0, 0.1) is 0 Å². The van der Waals surface area contributed by atoms with Gasteiger partial charge >= 0.3 is 96.0 Å². The van der Waals surface area contributed by atoms with E-state index >= 15 is 0 Å². The third kappa shape index (κ3) is 11.7. The third-order valence-corrected chi connectivity index (χ3v) is 10.7. The Bertz CT molecular complexity index is 2670. The summed E-state index contributed by atoms with van der Waals surface area (Å²) in [5.41, 5.74) is -4.85. The van der Waals surface area contributed by atoms with E-state index in [1.54, 1.807) is 0 Å². The van der Waals surface area contributed by atoms with Gasteiger partial charge in [-0.05, 0) is 30.7 Å². The highest BCUT2D eigenvalue weighted by molar-refractivity contribution is 5.57. The molecule has 0 unspecified atom stereocenters. The van der Waals surface area contributed by atoms with E-state index in [4.69, 9.17) is 0 Å². The molecule has 12 nitrogen and oxygen atoms in total. The van der Waals surface area contributed by atoms with E-state index in [0.29, 0.717) is 12.1 Å². The van der Waals surface area contributed by atoms with Crippen molar-refractivity contribution in [2.75, 3.05) is 49.2 Å². The summed E-state index contributed by atoms with van der Waals surface area (Å²) in [4.78, 5) is 28.3. The van der Waals surface area contributed by atoms with Crippen LogP contribution in [0.5, 0.6) is 12.0 Å². The zero-order valence-electron chi connectivity index (χ0n) is 37.8. The van der Waals surface area contributed by atoms with Gasteiger partial charge in [0.25, 0.3) is 0 Å². The van der Waals surface area contributed by atoms with Crippen molar-refractivity contribution in [3.05, 3.63) is 48.0 Å². The van der Waals surface area contributed by atoms with Gasteiger partial charge in [0.15, 0.2) is 24.9 Å². The molecule has 0 amide bonds. The highest BCUT2D eigenvalue weighted by atomic mass is 19.4. The number of nitrogens with zero attached hydrogens (tertiary/aromatic N) is 10. The summed E-state index contributed by atoms with van der Waals surface area (Å²) in [6.07, 6.45) is -25.9. The van der Waals surface area contributed by atoms with Gasteiger partial charge in [0.2, 0.25) is 11.9 Å². The Balaban J connectivity index is 1.53. The molecule has 5 rings (SSSR count). The molecule has 0 spiro atoms. The van der Waals surface area contributed by atoms with Crippen LogP contribution in [0.25, 0.3) is 22.8 Å². The van der Waals surface area contributed by atoms with Crippen molar-refractivity contribution in [2.24, 2.45) is 0 Å². The Kier molecular flexibility index (Phi) is 16.6. The molecular formula is C37H20F32N10O2. The summed E-state index contributed by atoms with van der Waals surface area (Å²) in [5, 5.41) is 0. The van der Waals surface area contributed by atoms with Crippen LogP contribution in [-0.4, -0.2) is 151 Å². The topological polar surface area (TPSA) is 128 Å². The molecule has 81 heavy (non-hydrogen) atoms. The molecule has 0 saturated carbocycles. The first-order chi connectivity index (χ1) is 36.2. The molecule has 4 aromatic heterocycles. The minimum atomic E-state index is -8.35. The van der Waals surface area contributed by atoms with E-state index in [9.17, 15) is 140 Å². The number of aromatic nitrogens is 8. The molecule has 44 heteroatoms. The van der Waals surface area contributed by atoms with Gasteiger partial charge < -0.3 is 19.3 Å². The Labute approximate surface area is 424 Å². The van der Waals surface area contributed by atoms with Gasteiger partial charge in [-0.3, -0.25) is 9.97 Å². The molecule has 0 aliphatic carbocycles. The monoisotopic (exact) mass is 1240 g/mol. The SMILES string of the molecule is FC(F)(F)c1ccc(-c2nc(OCC(F)(F)C(F)(F)C(F)(F)C(F)(F)C(F)(F)C(F)(F)F)nc(N3CCCN(c4nc(OCC(F)(F)C(F)(F)C(F)(F)C(F)(F)C(F)(F)C(F)(F)F)nc(-c5ccc(C(F)(F)F)nc5)n4)CC3)n2)cn1. The number of rotatable bonds is 18. The standard InChI is InChI=1S/C37H20F32N10O2/c38-24(39,28(48,49)30(52,53)32(56,57)34(60,61)36(64,65)66)12-80-22-74-18(14-2-4-16(70-10-14)26(42,43)44)72-20(76-22)78-6-1-7-79(9-8-78)21-73-19(15-3-5-17(71-11-15)27(45,46)47)75-23(77-21)81-13-25(40,41)29(50,51)31(54,55)33(58,59)35(62,63)37(67,68)69/h2-5,10-11H,1,6-9,12-13H2.